The van der Waals surface area contributed by atoms with E-state index in [2.05, 4.69) is 5.32 Å². The van der Waals surface area contributed by atoms with Gasteiger partial charge in [0.25, 0.3) is 5.91 Å². The molecule has 34 heavy (non-hydrogen) atoms. The molecule has 5 rings (SSSR count). The first kappa shape index (κ1) is 22.8. The number of nitrogens with zero attached hydrogens (tertiary/aromatic N) is 3. The quantitative estimate of drug-likeness (QED) is 0.668. The van der Waals surface area contributed by atoms with Crippen molar-refractivity contribution in [2.24, 2.45) is 0 Å². The van der Waals surface area contributed by atoms with Gasteiger partial charge in [-0.25, -0.2) is 13.2 Å². The second kappa shape index (κ2) is 8.66. The van der Waals surface area contributed by atoms with Crippen molar-refractivity contribution in [2.75, 3.05) is 32.7 Å². The number of amides is 4. The van der Waals surface area contributed by atoms with Gasteiger partial charge in [0.15, 0.2) is 0 Å². The van der Waals surface area contributed by atoms with Gasteiger partial charge in [0.2, 0.25) is 15.9 Å². The molecule has 0 unspecified atom stereocenters. The Bertz CT molecular complexity index is 1250. The van der Waals surface area contributed by atoms with Gasteiger partial charge in [-0.1, -0.05) is 49.6 Å². The first-order valence-electron chi connectivity index (χ1n) is 11.7. The highest BCUT2D eigenvalue weighted by Gasteiger charge is 2.51. The van der Waals surface area contributed by atoms with Gasteiger partial charge >= 0.3 is 6.03 Å². The van der Waals surface area contributed by atoms with Crippen LogP contribution in [-0.2, 0) is 19.6 Å². The van der Waals surface area contributed by atoms with Crippen molar-refractivity contribution in [1.29, 1.82) is 0 Å². The highest BCUT2D eigenvalue weighted by molar-refractivity contribution is 7.89. The number of imide groups is 1. The molecule has 2 aromatic carbocycles. The summed E-state index contributed by atoms with van der Waals surface area (Å²) in [6.45, 7) is 0.417. The van der Waals surface area contributed by atoms with E-state index in [0.29, 0.717) is 12.8 Å². The van der Waals surface area contributed by atoms with E-state index in [9.17, 15) is 22.8 Å². The molecule has 2 aliphatic heterocycles. The average molecular weight is 485 g/mol. The lowest BCUT2D eigenvalue weighted by Crippen LogP contribution is -2.53. The smallest absolute Gasteiger partial charge is 0.325 e. The minimum absolute atomic E-state index is 0.158. The number of urea groups is 1. The van der Waals surface area contributed by atoms with Crippen LogP contribution in [0.2, 0.25) is 0 Å². The Balaban J connectivity index is 1.22. The molecule has 1 N–H and O–H groups in total. The third-order valence-corrected chi connectivity index (χ3v) is 9.09. The molecule has 0 radical (unpaired) electrons. The number of sulfonamides is 1. The van der Waals surface area contributed by atoms with Crippen molar-refractivity contribution in [1.82, 2.24) is 19.4 Å². The first-order valence-corrected chi connectivity index (χ1v) is 13.2. The number of carbonyl (C=O) groups is 3. The van der Waals surface area contributed by atoms with Crippen molar-refractivity contribution >= 4 is 38.6 Å². The van der Waals surface area contributed by atoms with E-state index in [1.807, 2.05) is 24.3 Å². The predicted molar refractivity (Wildman–Crippen MR) is 125 cm³/mol. The molecule has 0 aromatic heterocycles. The molecule has 180 valence electrons. The van der Waals surface area contributed by atoms with Crippen LogP contribution in [0.1, 0.15) is 32.1 Å². The summed E-state index contributed by atoms with van der Waals surface area (Å²) in [5.41, 5.74) is -0.859. The largest absolute Gasteiger partial charge is 0.338 e. The number of rotatable bonds is 4. The zero-order valence-corrected chi connectivity index (χ0v) is 19.7. The van der Waals surface area contributed by atoms with Crippen molar-refractivity contribution in [3.05, 3.63) is 42.5 Å². The maximum atomic E-state index is 13.2. The van der Waals surface area contributed by atoms with Gasteiger partial charge in [-0.2, -0.15) is 4.31 Å². The number of benzene rings is 2. The maximum absolute atomic E-state index is 13.2. The molecule has 1 aliphatic carbocycles. The molecule has 3 fully saturated rings. The van der Waals surface area contributed by atoms with Crippen LogP contribution in [0.25, 0.3) is 10.8 Å². The summed E-state index contributed by atoms with van der Waals surface area (Å²) in [4.78, 5) is 41.0. The number of carbonyl (C=O) groups excluding carboxylic acids is 3. The zero-order chi connectivity index (χ0) is 23.9. The van der Waals surface area contributed by atoms with E-state index < -0.39 is 21.6 Å². The van der Waals surface area contributed by atoms with Crippen molar-refractivity contribution in [3.8, 4) is 0 Å². The van der Waals surface area contributed by atoms with E-state index in [1.165, 1.54) is 9.21 Å². The van der Waals surface area contributed by atoms with Crippen molar-refractivity contribution in [3.63, 3.8) is 0 Å². The number of piperazine rings is 1. The Morgan fingerprint density at radius 1 is 0.912 bits per heavy atom. The summed E-state index contributed by atoms with van der Waals surface area (Å²) in [5.74, 6) is -0.665. The summed E-state index contributed by atoms with van der Waals surface area (Å²) in [5, 5.41) is 4.63. The number of nitrogens with one attached hydrogen (secondary N) is 1. The monoisotopic (exact) mass is 484 g/mol. The zero-order valence-electron chi connectivity index (χ0n) is 18.9. The fourth-order valence-electron chi connectivity index (χ4n) is 5.20. The van der Waals surface area contributed by atoms with Gasteiger partial charge in [0.05, 0.1) is 4.90 Å². The van der Waals surface area contributed by atoms with Gasteiger partial charge in [-0.15, -0.1) is 0 Å². The molecule has 9 nitrogen and oxygen atoms in total. The molecular formula is C24H28N4O5S. The lowest BCUT2D eigenvalue weighted by Gasteiger charge is -2.34. The van der Waals surface area contributed by atoms with Crippen LogP contribution in [0.3, 0.4) is 0 Å². The number of hydrogen-bond donors (Lipinski definition) is 1. The SMILES string of the molecule is O=C(CN1C(=O)NC2(CCCCC2)C1=O)N1CCN(S(=O)(=O)c2ccc3ccccc3c2)CC1. The standard InChI is InChI=1S/C24H28N4O5S/c29-21(17-28-22(30)24(25-23(28)31)10-4-1-5-11-24)26-12-14-27(15-13-26)34(32,33)20-9-8-18-6-2-3-7-19(18)16-20/h2-3,6-9,16H,1,4-5,10-15,17H2,(H,25,31). The fraction of sp³-hybridized carbons (Fsp3) is 0.458. The third-order valence-electron chi connectivity index (χ3n) is 7.20. The molecule has 0 atom stereocenters. The van der Waals surface area contributed by atoms with Gasteiger partial charge in [-0.3, -0.25) is 14.5 Å². The molecular weight excluding hydrogens is 456 g/mol. The molecule has 4 amide bonds. The van der Waals surface area contributed by atoms with Gasteiger partial charge in [-0.05, 0) is 35.7 Å². The van der Waals surface area contributed by atoms with E-state index in [4.69, 9.17) is 0 Å². The topological polar surface area (TPSA) is 107 Å². The molecule has 3 aliphatic rings. The van der Waals surface area contributed by atoms with E-state index in [0.717, 1.165) is 34.9 Å². The Labute approximate surface area is 198 Å². The summed E-state index contributed by atoms with van der Waals surface area (Å²) >= 11 is 0. The van der Waals surface area contributed by atoms with Gasteiger partial charge in [0.1, 0.15) is 12.1 Å². The normalized spacial score (nSPS) is 21.3. The third kappa shape index (κ3) is 3.94. The second-order valence-corrected chi connectivity index (χ2v) is 11.2. The molecule has 2 heterocycles. The minimum atomic E-state index is -3.69. The van der Waals surface area contributed by atoms with Crippen LogP contribution in [-0.4, -0.2) is 78.6 Å². The van der Waals surface area contributed by atoms with Crippen LogP contribution in [0, 0.1) is 0 Å². The second-order valence-electron chi connectivity index (χ2n) is 9.26. The van der Waals surface area contributed by atoms with Crippen LogP contribution in [0.4, 0.5) is 4.79 Å². The Morgan fingerprint density at radius 3 is 2.29 bits per heavy atom. The van der Waals surface area contributed by atoms with Gasteiger partial charge in [0, 0.05) is 26.2 Å². The maximum Gasteiger partial charge on any atom is 0.325 e. The highest BCUT2D eigenvalue weighted by atomic mass is 32.2. The molecule has 2 aromatic rings. The first-order chi connectivity index (χ1) is 16.3. The van der Waals surface area contributed by atoms with E-state index in [1.54, 1.807) is 18.2 Å². The van der Waals surface area contributed by atoms with Gasteiger partial charge < -0.3 is 10.2 Å². The minimum Gasteiger partial charge on any atom is -0.338 e. The number of fused-ring (bicyclic) bond motifs is 1. The average Bonchev–Trinajstić information content (AvgIpc) is 3.07. The highest BCUT2D eigenvalue weighted by Crippen LogP contribution is 2.33. The Morgan fingerprint density at radius 2 is 1.59 bits per heavy atom. The molecule has 2 saturated heterocycles. The molecule has 1 saturated carbocycles. The summed E-state index contributed by atoms with van der Waals surface area (Å²) in [7, 11) is -3.69. The lowest BCUT2D eigenvalue weighted by atomic mass is 9.82. The Kier molecular flexibility index (Phi) is 5.81. The summed E-state index contributed by atoms with van der Waals surface area (Å²) < 4.78 is 27.7. The number of hydrogen-bond acceptors (Lipinski definition) is 5. The summed E-state index contributed by atoms with van der Waals surface area (Å²) in [6.07, 6.45) is 4.00. The Hall–Kier alpha value is -2.98. The van der Waals surface area contributed by atoms with E-state index in [-0.39, 0.29) is 49.4 Å². The van der Waals surface area contributed by atoms with Crippen molar-refractivity contribution in [2.45, 2.75) is 42.5 Å². The summed E-state index contributed by atoms with van der Waals surface area (Å²) in [6, 6.07) is 12.1. The van der Waals surface area contributed by atoms with E-state index >= 15 is 0 Å². The predicted octanol–water partition coefficient (Wildman–Crippen LogP) is 1.93. The molecule has 1 spiro atoms. The fourth-order valence-corrected chi connectivity index (χ4v) is 6.66. The van der Waals surface area contributed by atoms with Crippen molar-refractivity contribution < 1.29 is 22.8 Å². The van der Waals surface area contributed by atoms with Crippen LogP contribution in [0.5, 0.6) is 0 Å². The van der Waals surface area contributed by atoms with Crippen LogP contribution < -0.4 is 5.32 Å². The molecule has 0 bridgehead atoms. The molecule has 10 heteroatoms. The van der Waals surface area contributed by atoms with Crippen LogP contribution >= 0.6 is 0 Å². The van der Waals surface area contributed by atoms with Crippen LogP contribution in [0.15, 0.2) is 47.4 Å². The lowest BCUT2D eigenvalue weighted by molar-refractivity contribution is -0.140.